The quantitative estimate of drug-likeness (QED) is 0.603. The van der Waals surface area contributed by atoms with Gasteiger partial charge in [-0.15, -0.1) is 0 Å². The summed E-state index contributed by atoms with van der Waals surface area (Å²) in [7, 11) is 1.69. The van der Waals surface area contributed by atoms with Crippen molar-refractivity contribution < 1.29 is 9.53 Å². The fourth-order valence-electron chi connectivity index (χ4n) is 1.90. The standard InChI is InChI=1S/C14H16O2S/c1-16-14(11-6-5-7-12(15)10-11)17-13-8-3-2-4-9-13/h2-4,8-10,14H,5-7H2,1H3. The molecule has 0 amide bonds. The molecule has 0 heterocycles. The molecule has 1 aromatic carbocycles. The van der Waals surface area contributed by atoms with Gasteiger partial charge in [-0.1, -0.05) is 30.0 Å². The third kappa shape index (κ3) is 3.45. The van der Waals surface area contributed by atoms with Crippen molar-refractivity contribution in [3.8, 4) is 0 Å². The van der Waals surface area contributed by atoms with Crippen LogP contribution in [0.4, 0.5) is 0 Å². The number of carbonyl (C=O) groups is 1. The molecule has 0 N–H and O–H groups in total. The molecule has 0 bridgehead atoms. The Morgan fingerprint density at radius 2 is 2.00 bits per heavy atom. The molecule has 1 aliphatic carbocycles. The van der Waals surface area contributed by atoms with Crippen LogP contribution in [-0.4, -0.2) is 18.3 Å². The largest absolute Gasteiger partial charge is 0.366 e. The van der Waals surface area contributed by atoms with Gasteiger partial charge >= 0.3 is 0 Å². The highest BCUT2D eigenvalue weighted by Gasteiger charge is 2.19. The molecule has 1 atom stereocenters. The van der Waals surface area contributed by atoms with Crippen LogP contribution in [0.3, 0.4) is 0 Å². The molecule has 2 rings (SSSR count). The fraction of sp³-hybridized carbons (Fsp3) is 0.357. The molecule has 1 aromatic rings. The Balaban J connectivity index is 2.09. The minimum atomic E-state index is -0.0401. The molecule has 0 spiro atoms. The number of hydrogen-bond donors (Lipinski definition) is 0. The molecule has 0 saturated heterocycles. The molecular formula is C14H16O2S. The number of carbonyl (C=O) groups excluding carboxylic acids is 1. The third-order valence-electron chi connectivity index (χ3n) is 2.74. The zero-order valence-electron chi connectivity index (χ0n) is 9.89. The van der Waals surface area contributed by atoms with Crippen LogP contribution in [0.15, 0.2) is 46.9 Å². The Kier molecular flexibility index (Phi) is 4.40. The maximum atomic E-state index is 11.4. The molecule has 90 valence electrons. The number of methoxy groups -OCH3 is 1. The summed E-state index contributed by atoms with van der Waals surface area (Å²) in [6.07, 6.45) is 4.34. The first-order valence-electron chi connectivity index (χ1n) is 5.77. The zero-order chi connectivity index (χ0) is 12.1. The molecule has 1 aliphatic rings. The van der Waals surface area contributed by atoms with Crippen LogP contribution in [0.25, 0.3) is 0 Å². The Morgan fingerprint density at radius 3 is 2.65 bits per heavy atom. The lowest BCUT2D eigenvalue weighted by atomic mass is 9.99. The zero-order valence-corrected chi connectivity index (χ0v) is 10.7. The van der Waals surface area contributed by atoms with Gasteiger partial charge < -0.3 is 4.74 Å². The van der Waals surface area contributed by atoms with E-state index in [1.807, 2.05) is 18.2 Å². The van der Waals surface area contributed by atoms with Crippen molar-refractivity contribution >= 4 is 17.5 Å². The number of ketones is 1. The van der Waals surface area contributed by atoms with E-state index < -0.39 is 0 Å². The van der Waals surface area contributed by atoms with Crippen molar-refractivity contribution in [2.24, 2.45) is 0 Å². The molecular weight excluding hydrogens is 232 g/mol. The van der Waals surface area contributed by atoms with Gasteiger partial charge in [0.05, 0.1) is 0 Å². The highest BCUT2D eigenvalue weighted by Crippen LogP contribution is 2.32. The van der Waals surface area contributed by atoms with E-state index in [2.05, 4.69) is 12.1 Å². The Morgan fingerprint density at radius 1 is 1.24 bits per heavy atom. The predicted octanol–water partition coefficient (Wildman–Crippen LogP) is 3.43. The van der Waals surface area contributed by atoms with E-state index in [1.165, 1.54) is 4.90 Å². The molecule has 3 heteroatoms. The molecule has 0 aromatic heterocycles. The molecule has 2 nitrogen and oxygen atoms in total. The molecule has 1 unspecified atom stereocenters. The summed E-state index contributed by atoms with van der Waals surface area (Å²) in [6.45, 7) is 0. The van der Waals surface area contributed by atoms with Crippen molar-refractivity contribution in [3.05, 3.63) is 42.0 Å². The van der Waals surface area contributed by atoms with E-state index >= 15 is 0 Å². The predicted molar refractivity (Wildman–Crippen MR) is 70.0 cm³/mol. The lowest BCUT2D eigenvalue weighted by Gasteiger charge is -2.21. The van der Waals surface area contributed by atoms with Crippen LogP contribution >= 0.6 is 11.8 Å². The third-order valence-corrected chi connectivity index (χ3v) is 3.99. The first-order chi connectivity index (χ1) is 8.29. The van der Waals surface area contributed by atoms with Crippen molar-refractivity contribution in [2.45, 2.75) is 29.6 Å². The summed E-state index contributed by atoms with van der Waals surface area (Å²) < 4.78 is 5.48. The summed E-state index contributed by atoms with van der Waals surface area (Å²) >= 11 is 1.65. The van der Waals surface area contributed by atoms with Crippen LogP contribution in [-0.2, 0) is 9.53 Å². The smallest absolute Gasteiger partial charge is 0.155 e. The summed E-state index contributed by atoms with van der Waals surface area (Å²) in [6, 6.07) is 10.1. The van der Waals surface area contributed by atoms with E-state index in [1.54, 1.807) is 24.9 Å². The first kappa shape index (κ1) is 12.4. The van der Waals surface area contributed by atoms with Gasteiger partial charge in [-0.25, -0.2) is 0 Å². The molecule has 17 heavy (non-hydrogen) atoms. The van der Waals surface area contributed by atoms with Crippen LogP contribution in [0.5, 0.6) is 0 Å². The Labute approximate surface area is 106 Å². The van der Waals surface area contributed by atoms with Crippen molar-refractivity contribution in [2.75, 3.05) is 7.11 Å². The summed E-state index contributed by atoms with van der Waals surface area (Å²) in [5.41, 5.74) is 1.07. The number of rotatable bonds is 4. The minimum absolute atomic E-state index is 0.0401. The second-order valence-corrected chi connectivity index (χ2v) is 5.17. The van der Waals surface area contributed by atoms with E-state index in [0.29, 0.717) is 6.42 Å². The van der Waals surface area contributed by atoms with Gasteiger partial charge in [0.15, 0.2) is 5.78 Å². The van der Waals surface area contributed by atoms with Crippen LogP contribution in [0.1, 0.15) is 19.3 Å². The fourth-order valence-corrected chi connectivity index (χ4v) is 2.90. The average molecular weight is 248 g/mol. The van der Waals surface area contributed by atoms with Crippen molar-refractivity contribution in [1.82, 2.24) is 0 Å². The topological polar surface area (TPSA) is 26.3 Å². The highest BCUT2D eigenvalue weighted by atomic mass is 32.2. The average Bonchev–Trinajstić information content (AvgIpc) is 2.37. The van der Waals surface area contributed by atoms with E-state index in [9.17, 15) is 4.79 Å². The van der Waals surface area contributed by atoms with E-state index in [-0.39, 0.29) is 11.2 Å². The minimum Gasteiger partial charge on any atom is -0.366 e. The van der Waals surface area contributed by atoms with Crippen LogP contribution in [0, 0.1) is 0 Å². The van der Waals surface area contributed by atoms with Crippen LogP contribution < -0.4 is 0 Å². The van der Waals surface area contributed by atoms with Gasteiger partial charge in [0, 0.05) is 18.4 Å². The molecule has 0 fully saturated rings. The second-order valence-electron chi connectivity index (χ2n) is 4.04. The van der Waals surface area contributed by atoms with Gasteiger partial charge in [0.2, 0.25) is 0 Å². The highest BCUT2D eigenvalue weighted by molar-refractivity contribution is 8.00. The Hall–Kier alpha value is -1.06. The van der Waals surface area contributed by atoms with Crippen LogP contribution in [0.2, 0.25) is 0 Å². The van der Waals surface area contributed by atoms with Gasteiger partial charge in [-0.2, -0.15) is 0 Å². The number of thioether (sulfide) groups is 1. The summed E-state index contributed by atoms with van der Waals surface area (Å²) in [5.74, 6) is 0.224. The van der Waals surface area contributed by atoms with Gasteiger partial charge in [0.1, 0.15) is 5.44 Å². The molecule has 0 saturated carbocycles. The van der Waals surface area contributed by atoms with E-state index in [4.69, 9.17) is 4.74 Å². The number of ether oxygens (including phenoxy) is 1. The van der Waals surface area contributed by atoms with Gasteiger partial charge in [-0.05, 0) is 36.6 Å². The monoisotopic (exact) mass is 248 g/mol. The second kappa shape index (κ2) is 6.03. The van der Waals surface area contributed by atoms with Crippen molar-refractivity contribution in [3.63, 3.8) is 0 Å². The van der Waals surface area contributed by atoms with Gasteiger partial charge in [-0.3, -0.25) is 4.79 Å². The lowest BCUT2D eigenvalue weighted by molar-refractivity contribution is -0.115. The summed E-state index contributed by atoms with van der Waals surface area (Å²) in [5, 5.41) is 0. The lowest BCUT2D eigenvalue weighted by Crippen LogP contribution is -2.14. The number of hydrogen-bond acceptors (Lipinski definition) is 3. The molecule has 0 radical (unpaired) electrons. The number of benzene rings is 1. The Bertz CT molecular complexity index is 411. The normalized spacial score (nSPS) is 17.7. The number of allylic oxidation sites excluding steroid dienone is 1. The first-order valence-corrected chi connectivity index (χ1v) is 6.65. The molecule has 0 aliphatic heterocycles. The maximum Gasteiger partial charge on any atom is 0.155 e. The maximum absolute atomic E-state index is 11.4. The summed E-state index contributed by atoms with van der Waals surface area (Å²) in [4.78, 5) is 12.6. The van der Waals surface area contributed by atoms with E-state index in [0.717, 1.165) is 18.4 Å². The SMILES string of the molecule is COC(Sc1ccccc1)C1=CC(=O)CCC1. The van der Waals surface area contributed by atoms with Gasteiger partial charge in [0.25, 0.3) is 0 Å². The van der Waals surface area contributed by atoms with Crippen molar-refractivity contribution in [1.29, 1.82) is 0 Å².